The van der Waals surface area contributed by atoms with Gasteiger partial charge in [-0.3, -0.25) is 4.79 Å². The predicted molar refractivity (Wildman–Crippen MR) is 83.5 cm³/mol. The summed E-state index contributed by atoms with van der Waals surface area (Å²) in [5.74, 6) is -0.620. The molecule has 6 nitrogen and oxygen atoms in total. The Morgan fingerprint density at radius 2 is 1.91 bits per heavy atom. The van der Waals surface area contributed by atoms with E-state index in [1.54, 1.807) is 0 Å². The Balaban J connectivity index is 2.01. The molecule has 1 aliphatic carbocycles. The van der Waals surface area contributed by atoms with Gasteiger partial charge < -0.3 is 10.1 Å². The molecule has 0 spiro atoms. The summed E-state index contributed by atoms with van der Waals surface area (Å²) >= 11 is 0. The highest BCUT2D eigenvalue weighted by molar-refractivity contribution is 7.89. The molecule has 1 saturated carbocycles. The average Bonchev–Trinajstić information content (AvgIpc) is 2.97. The van der Waals surface area contributed by atoms with Gasteiger partial charge in [-0.1, -0.05) is 43.2 Å². The van der Waals surface area contributed by atoms with E-state index in [1.807, 2.05) is 30.3 Å². The second-order valence-electron chi connectivity index (χ2n) is 5.49. The Morgan fingerprint density at radius 3 is 2.50 bits per heavy atom. The molecule has 1 fully saturated rings. The van der Waals surface area contributed by atoms with Crippen molar-refractivity contribution in [2.24, 2.45) is 5.14 Å². The normalized spacial score (nSPS) is 17.3. The fourth-order valence-electron chi connectivity index (χ4n) is 2.55. The first-order valence-corrected chi connectivity index (χ1v) is 9.16. The smallest absolute Gasteiger partial charge is 0.253 e. The lowest BCUT2D eigenvalue weighted by atomic mass is 10.1. The van der Waals surface area contributed by atoms with Gasteiger partial charge in [0, 0.05) is 6.54 Å². The minimum Gasteiger partial charge on any atom is -0.360 e. The van der Waals surface area contributed by atoms with E-state index in [9.17, 15) is 13.2 Å². The van der Waals surface area contributed by atoms with Crippen molar-refractivity contribution in [2.75, 3.05) is 12.3 Å². The van der Waals surface area contributed by atoms with Crippen molar-refractivity contribution in [3.05, 3.63) is 35.9 Å². The zero-order chi connectivity index (χ0) is 16.0. The van der Waals surface area contributed by atoms with Gasteiger partial charge in [0.2, 0.25) is 10.0 Å². The molecule has 122 valence electrons. The molecule has 1 amide bonds. The van der Waals surface area contributed by atoms with Crippen LogP contribution in [0.5, 0.6) is 0 Å². The van der Waals surface area contributed by atoms with Crippen molar-refractivity contribution in [3.8, 4) is 0 Å². The van der Waals surface area contributed by atoms with E-state index in [1.165, 1.54) is 0 Å². The minimum absolute atomic E-state index is 0.0188. The lowest BCUT2D eigenvalue weighted by Gasteiger charge is -2.22. The largest absolute Gasteiger partial charge is 0.360 e. The molecule has 0 heterocycles. The average molecular weight is 326 g/mol. The van der Waals surface area contributed by atoms with Gasteiger partial charge in [-0.25, -0.2) is 13.6 Å². The van der Waals surface area contributed by atoms with Crippen molar-refractivity contribution in [1.82, 2.24) is 5.32 Å². The quantitative estimate of drug-likeness (QED) is 0.783. The van der Waals surface area contributed by atoms with Crippen molar-refractivity contribution in [1.29, 1.82) is 0 Å². The number of primary sulfonamides is 1. The minimum atomic E-state index is -3.59. The van der Waals surface area contributed by atoms with Crippen LogP contribution in [0, 0.1) is 0 Å². The zero-order valence-corrected chi connectivity index (χ0v) is 13.2. The molecule has 2 rings (SSSR count). The third-order valence-electron chi connectivity index (χ3n) is 3.66. The molecular formula is C15H22N2O4S. The molecule has 1 aromatic carbocycles. The maximum Gasteiger partial charge on any atom is 0.253 e. The van der Waals surface area contributed by atoms with E-state index in [4.69, 9.17) is 9.88 Å². The molecule has 0 bridgehead atoms. The number of hydrogen-bond donors (Lipinski definition) is 2. The number of rotatable bonds is 7. The first-order chi connectivity index (χ1) is 10.5. The second kappa shape index (κ2) is 7.71. The molecule has 1 unspecified atom stereocenters. The number of hydrogen-bond acceptors (Lipinski definition) is 4. The van der Waals surface area contributed by atoms with Gasteiger partial charge in [0.15, 0.2) is 6.10 Å². The summed E-state index contributed by atoms with van der Waals surface area (Å²) in [6.07, 6.45) is 3.49. The van der Waals surface area contributed by atoms with Gasteiger partial charge in [0.25, 0.3) is 5.91 Å². The highest BCUT2D eigenvalue weighted by Crippen LogP contribution is 2.27. The van der Waals surface area contributed by atoms with Crippen LogP contribution in [0.25, 0.3) is 0 Å². The molecular weight excluding hydrogens is 304 g/mol. The number of carbonyl (C=O) groups excluding carboxylic acids is 1. The van der Waals surface area contributed by atoms with E-state index in [-0.39, 0.29) is 24.3 Å². The molecule has 1 aliphatic rings. The molecule has 0 aliphatic heterocycles. The summed E-state index contributed by atoms with van der Waals surface area (Å²) in [7, 11) is -3.59. The maximum absolute atomic E-state index is 12.3. The van der Waals surface area contributed by atoms with Crippen LogP contribution >= 0.6 is 0 Å². The summed E-state index contributed by atoms with van der Waals surface area (Å²) in [6.45, 7) is -0.0188. The van der Waals surface area contributed by atoms with Gasteiger partial charge in [-0.2, -0.15) is 0 Å². The second-order valence-corrected chi connectivity index (χ2v) is 7.23. The Kier molecular flexibility index (Phi) is 5.93. The van der Waals surface area contributed by atoms with Crippen molar-refractivity contribution in [2.45, 2.75) is 37.9 Å². The Morgan fingerprint density at radius 1 is 1.27 bits per heavy atom. The van der Waals surface area contributed by atoms with E-state index >= 15 is 0 Å². The van der Waals surface area contributed by atoms with Crippen molar-refractivity contribution >= 4 is 15.9 Å². The Hall–Kier alpha value is -1.44. The summed E-state index contributed by atoms with van der Waals surface area (Å²) in [4.78, 5) is 12.3. The first kappa shape index (κ1) is 16.9. The highest BCUT2D eigenvalue weighted by Gasteiger charge is 2.27. The third-order valence-corrected chi connectivity index (χ3v) is 4.43. The standard InChI is InChI=1S/C15H22N2O4S/c16-22(19,20)11-10-17-15(18)14(12-6-2-1-3-7-12)21-13-8-4-5-9-13/h1-3,6-7,13-14H,4-5,8-11H2,(H,17,18)(H2,16,19,20). The summed E-state index contributed by atoms with van der Waals surface area (Å²) in [5, 5.41) is 7.52. The predicted octanol–water partition coefficient (Wildman–Crippen LogP) is 1.09. The van der Waals surface area contributed by atoms with Gasteiger partial charge in [0.05, 0.1) is 11.9 Å². The van der Waals surface area contributed by atoms with Crippen LogP contribution in [-0.4, -0.2) is 32.7 Å². The molecule has 22 heavy (non-hydrogen) atoms. The fourth-order valence-corrected chi connectivity index (χ4v) is 2.93. The fraction of sp³-hybridized carbons (Fsp3) is 0.533. The Bertz CT molecular complexity index is 583. The lowest BCUT2D eigenvalue weighted by molar-refractivity contribution is -0.137. The van der Waals surface area contributed by atoms with Crippen LogP contribution in [0.3, 0.4) is 0 Å². The van der Waals surface area contributed by atoms with Gasteiger partial charge in [-0.15, -0.1) is 0 Å². The summed E-state index contributed by atoms with van der Waals surface area (Å²) < 4.78 is 27.8. The number of ether oxygens (including phenoxy) is 1. The van der Waals surface area contributed by atoms with Crippen LogP contribution in [0.15, 0.2) is 30.3 Å². The lowest BCUT2D eigenvalue weighted by Crippen LogP contribution is -2.36. The highest BCUT2D eigenvalue weighted by atomic mass is 32.2. The van der Waals surface area contributed by atoms with Crippen LogP contribution in [0.2, 0.25) is 0 Å². The summed E-state index contributed by atoms with van der Waals surface area (Å²) in [5.41, 5.74) is 0.766. The van der Waals surface area contributed by atoms with Crippen LogP contribution in [0.4, 0.5) is 0 Å². The van der Waals surface area contributed by atoms with Crippen LogP contribution in [0.1, 0.15) is 37.4 Å². The molecule has 3 N–H and O–H groups in total. The Labute approximate surface area is 131 Å². The van der Waals surface area contributed by atoms with Gasteiger partial charge in [0.1, 0.15) is 0 Å². The van der Waals surface area contributed by atoms with Crippen LogP contribution < -0.4 is 10.5 Å². The van der Waals surface area contributed by atoms with Crippen molar-refractivity contribution in [3.63, 3.8) is 0 Å². The van der Waals surface area contributed by atoms with Crippen molar-refractivity contribution < 1.29 is 17.9 Å². The van der Waals surface area contributed by atoms with E-state index in [0.29, 0.717) is 0 Å². The molecule has 7 heteroatoms. The molecule has 1 atom stereocenters. The molecule has 0 radical (unpaired) electrons. The van der Waals surface area contributed by atoms with E-state index in [2.05, 4.69) is 5.32 Å². The number of amides is 1. The third kappa shape index (κ3) is 5.40. The molecule has 0 saturated heterocycles. The van der Waals surface area contributed by atoms with Crippen LogP contribution in [-0.2, 0) is 19.6 Å². The molecule has 1 aromatic rings. The van der Waals surface area contributed by atoms with Gasteiger partial charge >= 0.3 is 0 Å². The zero-order valence-electron chi connectivity index (χ0n) is 12.4. The SMILES string of the molecule is NS(=O)(=O)CCNC(=O)C(OC1CCCC1)c1ccccc1. The topological polar surface area (TPSA) is 98.5 Å². The van der Waals surface area contributed by atoms with E-state index < -0.39 is 16.1 Å². The summed E-state index contributed by atoms with van der Waals surface area (Å²) in [6, 6.07) is 9.22. The molecule has 0 aromatic heterocycles. The van der Waals surface area contributed by atoms with Gasteiger partial charge in [-0.05, 0) is 18.4 Å². The monoisotopic (exact) mass is 326 g/mol. The number of carbonyl (C=O) groups is 1. The maximum atomic E-state index is 12.3. The number of nitrogens with two attached hydrogens (primary N) is 1. The van der Waals surface area contributed by atoms with E-state index in [0.717, 1.165) is 31.2 Å². The number of nitrogens with one attached hydrogen (secondary N) is 1. The number of benzene rings is 1. The number of sulfonamides is 1. The first-order valence-electron chi connectivity index (χ1n) is 7.44.